The summed E-state index contributed by atoms with van der Waals surface area (Å²) in [5.41, 5.74) is 0.860. The van der Waals surface area contributed by atoms with Crippen molar-refractivity contribution < 1.29 is 4.39 Å². The van der Waals surface area contributed by atoms with Gasteiger partial charge in [-0.2, -0.15) is 0 Å². The predicted molar refractivity (Wildman–Crippen MR) is 72.2 cm³/mol. The largest absolute Gasteiger partial charge is 0.331 e. The average molecular weight is 399 g/mol. The summed E-state index contributed by atoms with van der Waals surface area (Å²) < 4.78 is 14.5. The van der Waals surface area contributed by atoms with Crippen molar-refractivity contribution in [1.82, 2.24) is 4.98 Å². The lowest BCUT2D eigenvalue weighted by atomic mass is 10.3. The second-order valence-electron chi connectivity index (χ2n) is 2.72. The molecule has 0 saturated heterocycles. The topological polar surface area (TPSA) is 24.9 Å². The minimum absolute atomic E-state index is 0.231. The van der Waals surface area contributed by atoms with Crippen LogP contribution in [0.1, 0.15) is 0 Å². The van der Waals surface area contributed by atoms with Gasteiger partial charge in [0.25, 0.3) is 0 Å². The number of anilines is 2. The maximum atomic E-state index is 12.8. The molecule has 0 atom stereocenters. The van der Waals surface area contributed by atoms with Crippen LogP contribution in [-0.2, 0) is 0 Å². The van der Waals surface area contributed by atoms with E-state index in [0.717, 1.165) is 19.0 Å². The van der Waals surface area contributed by atoms with Gasteiger partial charge in [0.15, 0.2) is 5.13 Å². The minimum Gasteiger partial charge on any atom is -0.331 e. The zero-order valence-corrected chi connectivity index (χ0v) is 11.9. The monoisotopic (exact) mass is 398 g/mol. The summed E-state index contributed by atoms with van der Waals surface area (Å²) in [6.45, 7) is 0. The Bertz CT molecular complexity index is 489. The summed E-state index contributed by atoms with van der Waals surface area (Å²) in [6.07, 6.45) is 0. The molecular weight excluding hydrogens is 394 g/mol. The van der Waals surface area contributed by atoms with Crippen molar-refractivity contribution in [2.75, 3.05) is 5.32 Å². The van der Waals surface area contributed by atoms with Crippen LogP contribution in [0.15, 0.2) is 28.2 Å². The SMILES string of the molecule is Fc1ccc(Nc2nc(Br)cs2)c(I)c1. The molecule has 0 unspecified atom stereocenters. The Morgan fingerprint density at radius 1 is 1.47 bits per heavy atom. The molecule has 0 spiro atoms. The molecule has 2 aromatic rings. The van der Waals surface area contributed by atoms with Crippen molar-refractivity contribution in [1.29, 1.82) is 0 Å². The summed E-state index contributed by atoms with van der Waals surface area (Å²) in [5.74, 6) is -0.231. The Balaban J connectivity index is 2.24. The van der Waals surface area contributed by atoms with Crippen LogP contribution in [0.5, 0.6) is 0 Å². The summed E-state index contributed by atoms with van der Waals surface area (Å²) >= 11 is 6.85. The quantitative estimate of drug-likeness (QED) is 0.758. The molecule has 0 aliphatic carbocycles. The maximum Gasteiger partial charge on any atom is 0.188 e. The van der Waals surface area contributed by atoms with E-state index >= 15 is 0 Å². The lowest BCUT2D eigenvalue weighted by Gasteiger charge is -2.04. The van der Waals surface area contributed by atoms with Crippen LogP contribution in [0.25, 0.3) is 0 Å². The number of thiazole rings is 1. The van der Waals surface area contributed by atoms with E-state index in [2.05, 4.69) is 48.8 Å². The van der Waals surface area contributed by atoms with Crippen LogP contribution in [-0.4, -0.2) is 4.98 Å². The van der Waals surface area contributed by atoms with E-state index in [4.69, 9.17) is 0 Å². The number of benzene rings is 1. The smallest absolute Gasteiger partial charge is 0.188 e. The van der Waals surface area contributed by atoms with Gasteiger partial charge in [-0.3, -0.25) is 0 Å². The fourth-order valence-electron chi connectivity index (χ4n) is 1.02. The van der Waals surface area contributed by atoms with E-state index in [1.165, 1.54) is 23.5 Å². The number of halogens is 3. The molecule has 0 aliphatic heterocycles. The first-order valence-corrected chi connectivity index (χ1v) is 6.73. The Morgan fingerprint density at radius 2 is 2.27 bits per heavy atom. The van der Waals surface area contributed by atoms with Gasteiger partial charge in [0.2, 0.25) is 0 Å². The lowest BCUT2D eigenvalue weighted by Crippen LogP contribution is -1.92. The second kappa shape index (κ2) is 4.75. The van der Waals surface area contributed by atoms with Gasteiger partial charge >= 0.3 is 0 Å². The van der Waals surface area contributed by atoms with E-state index in [0.29, 0.717) is 0 Å². The molecule has 0 fully saturated rings. The van der Waals surface area contributed by atoms with Crippen LogP contribution in [0, 0.1) is 9.39 Å². The first-order chi connectivity index (χ1) is 7.15. The molecule has 6 heteroatoms. The first kappa shape index (κ1) is 11.3. The third kappa shape index (κ3) is 2.88. The van der Waals surface area contributed by atoms with Gasteiger partial charge in [-0.05, 0) is 56.7 Å². The lowest BCUT2D eigenvalue weighted by molar-refractivity contribution is 0.627. The van der Waals surface area contributed by atoms with Gasteiger partial charge in [-0.25, -0.2) is 9.37 Å². The number of hydrogen-bond acceptors (Lipinski definition) is 3. The van der Waals surface area contributed by atoms with Crippen molar-refractivity contribution in [3.05, 3.63) is 37.6 Å². The maximum absolute atomic E-state index is 12.8. The number of rotatable bonds is 2. The van der Waals surface area contributed by atoms with Crippen LogP contribution < -0.4 is 5.32 Å². The fraction of sp³-hybridized carbons (Fsp3) is 0. The molecule has 0 radical (unpaired) electrons. The van der Waals surface area contributed by atoms with E-state index in [1.807, 2.05) is 5.38 Å². The molecule has 0 bridgehead atoms. The highest BCUT2D eigenvalue weighted by Gasteiger charge is 2.04. The Morgan fingerprint density at radius 3 is 2.87 bits per heavy atom. The number of hydrogen-bond donors (Lipinski definition) is 1. The van der Waals surface area contributed by atoms with E-state index in [1.54, 1.807) is 6.07 Å². The summed E-state index contributed by atoms with van der Waals surface area (Å²) in [4.78, 5) is 4.20. The minimum atomic E-state index is -0.231. The van der Waals surface area contributed by atoms with Crippen molar-refractivity contribution in [3.63, 3.8) is 0 Å². The Labute approximate surface area is 112 Å². The zero-order valence-electron chi connectivity index (χ0n) is 7.30. The highest BCUT2D eigenvalue weighted by molar-refractivity contribution is 14.1. The zero-order chi connectivity index (χ0) is 10.8. The summed E-state index contributed by atoms with van der Waals surface area (Å²) in [5, 5.41) is 5.79. The Hall–Kier alpha value is -0.210. The third-order valence-electron chi connectivity index (χ3n) is 1.65. The summed E-state index contributed by atoms with van der Waals surface area (Å²) in [6, 6.07) is 4.60. The molecule has 1 aromatic heterocycles. The van der Waals surface area contributed by atoms with E-state index < -0.39 is 0 Å². The molecule has 0 amide bonds. The van der Waals surface area contributed by atoms with Gasteiger partial charge in [0.1, 0.15) is 10.4 Å². The Kier molecular flexibility index (Phi) is 3.57. The highest BCUT2D eigenvalue weighted by Crippen LogP contribution is 2.26. The van der Waals surface area contributed by atoms with Gasteiger partial charge in [0.05, 0.1) is 5.69 Å². The molecule has 2 rings (SSSR count). The molecular formula is C9H5BrFIN2S. The van der Waals surface area contributed by atoms with Gasteiger partial charge in [-0.1, -0.05) is 0 Å². The van der Waals surface area contributed by atoms with Crippen molar-refractivity contribution in [2.45, 2.75) is 0 Å². The van der Waals surface area contributed by atoms with Gasteiger partial charge in [-0.15, -0.1) is 11.3 Å². The van der Waals surface area contributed by atoms with Crippen LogP contribution in [0.4, 0.5) is 15.2 Å². The average Bonchev–Trinajstić information content (AvgIpc) is 2.56. The molecule has 15 heavy (non-hydrogen) atoms. The summed E-state index contributed by atoms with van der Waals surface area (Å²) in [7, 11) is 0. The predicted octanol–water partition coefficient (Wildman–Crippen LogP) is 4.39. The van der Waals surface area contributed by atoms with Gasteiger partial charge < -0.3 is 5.32 Å². The van der Waals surface area contributed by atoms with Crippen LogP contribution >= 0.6 is 49.9 Å². The standard InChI is InChI=1S/C9H5BrFIN2S/c10-8-4-15-9(14-8)13-7-2-1-5(11)3-6(7)12/h1-4H,(H,13,14). The third-order valence-corrected chi connectivity index (χ3v) is 4.01. The number of aromatic nitrogens is 1. The molecule has 1 aromatic carbocycles. The van der Waals surface area contributed by atoms with Gasteiger partial charge in [0, 0.05) is 8.95 Å². The highest BCUT2D eigenvalue weighted by atomic mass is 127. The van der Waals surface area contributed by atoms with E-state index in [9.17, 15) is 4.39 Å². The first-order valence-electron chi connectivity index (χ1n) is 3.98. The molecule has 1 heterocycles. The van der Waals surface area contributed by atoms with Crippen molar-refractivity contribution >= 4 is 60.7 Å². The fourth-order valence-corrected chi connectivity index (χ4v) is 2.79. The van der Waals surface area contributed by atoms with Crippen LogP contribution in [0.2, 0.25) is 0 Å². The number of nitrogens with zero attached hydrogens (tertiary/aromatic N) is 1. The molecule has 0 saturated carbocycles. The van der Waals surface area contributed by atoms with E-state index in [-0.39, 0.29) is 5.82 Å². The molecule has 0 aliphatic rings. The normalized spacial score (nSPS) is 10.3. The molecule has 2 nitrogen and oxygen atoms in total. The van der Waals surface area contributed by atoms with Crippen molar-refractivity contribution in [2.24, 2.45) is 0 Å². The molecule has 78 valence electrons. The van der Waals surface area contributed by atoms with Crippen molar-refractivity contribution in [3.8, 4) is 0 Å². The number of nitrogens with one attached hydrogen (secondary N) is 1. The second-order valence-corrected chi connectivity index (χ2v) is 5.56. The van der Waals surface area contributed by atoms with Crippen LogP contribution in [0.3, 0.4) is 0 Å². The molecule has 1 N–H and O–H groups in total.